The number of hydrogen-bond acceptors (Lipinski definition) is 6. The molecule has 0 fully saturated rings. The van der Waals surface area contributed by atoms with Crippen molar-refractivity contribution >= 4 is 17.4 Å². The largest absolute Gasteiger partial charge is 0.378 e. The Morgan fingerprint density at radius 2 is 2.00 bits per heavy atom. The van der Waals surface area contributed by atoms with Crippen LogP contribution in [0.2, 0.25) is 0 Å². The smallest absolute Gasteiger partial charge is 0.251 e. The van der Waals surface area contributed by atoms with E-state index in [-0.39, 0.29) is 5.91 Å². The van der Waals surface area contributed by atoms with Crippen molar-refractivity contribution in [3.05, 3.63) is 60.4 Å². The molecule has 0 saturated carbocycles. The summed E-state index contributed by atoms with van der Waals surface area (Å²) in [5.74, 6) is 2.19. The van der Waals surface area contributed by atoms with Crippen LogP contribution in [0.4, 0.5) is 11.5 Å². The number of hydrogen-bond donors (Lipinski definition) is 2. The minimum absolute atomic E-state index is 0.0992. The minimum atomic E-state index is -0.0992. The summed E-state index contributed by atoms with van der Waals surface area (Å²) in [7, 11) is 3.89. The van der Waals surface area contributed by atoms with Crippen LogP contribution in [0.1, 0.15) is 16.2 Å². The van der Waals surface area contributed by atoms with Crippen molar-refractivity contribution in [2.75, 3.05) is 37.4 Å². The Morgan fingerprint density at radius 1 is 1.15 bits per heavy atom. The third-order valence-electron chi connectivity index (χ3n) is 4.07. The monoisotopic (exact) mass is 365 g/mol. The number of rotatable bonds is 7. The van der Waals surface area contributed by atoms with Gasteiger partial charge in [0.25, 0.3) is 5.91 Å². The molecule has 1 amide bonds. The molecular weight excluding hydrogens is 342 g/mol. The Balaban J connectivity index is 1.53. The zero-order valence-corrected chi connectivity index (χ0v) is 15.7. The van der Waals surface area contributed by atoms with Gasteiger partial charge in [-0.15, -0.1) is 0 Å². The summed E-state index contributed by atoms with van der Waals surface area (Å²) in [6.45, 7) is 2.95. The number of carbonyl (C=O) groups is 1. The second-order valence-corrected chi connectivity index (χ2v) is 6.23. The maximum Gasteiger partial charge on any atom is 0.251 e. The number of nitrogens with one attached hydrogen (secondary N) is 2. The quantitative estimate of drug-likeness (QED) is 0.622. The molecule has 0 saturated heterocycles. The molecular formula is C19H23N7O. The lowest BCUT2D eigenvalue weighted by molar-refractivity contribution is 0.0955. The average Bonchev–Trinajstić information content (AvgIpc) is 3.11. The lowest BCUT2D eigenvalue weighted by Crippen LogP contribution is -2.29. The highest BCUT2D eigenvalue weighted by Gasteiger charge is 2.07. The Hall–Kier alpha value is -3.42. The first-order valence-electron chi connectivity index (χ1n) is 8.66. The number of benzene rings is 1. The van der Waals surface area contributed by atoms with E-state index in [0.717, 1.165) is 17.3 Å². The van der Waals surface area contributed by atoms with Crippen molar-refractivity contribution in [3.63, 3.8) is 0 Å². The van der Waals surface area contributed by atoms with E-state index in [1.807, 2.05) is 60.9 Å². The fourth-order valence-corrected chi connectivity index (χ4v) is 2.59. The molecule has 0 aliphatic carbocycles. The topological polar surface area (TPSA) is 88.0 Å². The summed E-state index contributed by atoms with van der Waals surface area (Å²) in [5.41, 5.74) is 1.63. The predicted molar refractivity (Wildman–Crippen MR) is 105 cm³/mol. The molecule has 2 N–H and O–H groups in total. The summed E-state index contributed by atoms with van der Waals surface area (Å²) < 4.78 is 1.88. The van der Waals surface area contributed by atoms with Gasteiger partial charge in [0.1, 0.15) is 23.8 Å². The van der Waals surface area contributed by atoms with Gasteiger partial charge in [-0.25, -0.2) is 15.0 Å². The van der Waals surface area contributed by atoms with E-state index in [9.17, 15) is 4.79 Å². The van der Waals surface area contributed by atoms with E-state index >= 15 is 0 Å². The molecule has 27 heavy (non-hydrogen) atoms. The van der Waals surface area contributed by atoms with Gasteiger partial charge >= 0.3 is 0 Å². The maximum absolute atomic E-state index is 12.3. The molecule has 0 bridgehead atoms. The molecule has 8 heteroatoms. The highest BCUT2D eigenvalue weighted by atomic mass is 16.1. The van der Waals surface area contributed by atoms with Gasteiger partial charge in [-0.3, -0.25) is 9.36 Å². The van der Waals surface area contributed by atoms with Crippen LogP contribution in [0.5, 0.6) is 0 Å². The van der Waals surface area contributed by atoms with Crippen LogP contribution in [0, 0.1) is 6.92 Å². The van der Waals surface area contributed by atoms with Crippen molar-refractivity contribution in [2.24, 2.45) is 0 Å². The van der Waals surface area contributed by atoms with Gasteiger partial charge in [0, 0.05) is 56.9 Å². The third-order valence-corrected chi connectivity index (χ3v) is 4.07. The van der Waals surface area contributed by atoms with E-state index in [1.54, 1.807) is 12.3 Å². The molecule has 0 aliphatic rings. The van der Waals surface area contributed by atoms with Crippen LogP contribution in [-0.2, 0) is 0 Å². The first kappa shape index (κ1) is 18.4. The summed E-state index contributed by atoms with van der Waals surface area (Å²) in [4.78, 5) is 26.9. The number of imidazole rings is 1. The molecule has 0 spiro atoms. The SMILES string of the molecule is Cc1nccn1-c1cc(NCCNC(=O)c2cccc(N(C)C)c2)ncn1. The number of amides is 1. The first-order chi connectivity index (χ1) is 13.0. The second kappa shape index (κ2) is 8.31. The van der Waals surface area contributed by atoms with E-state index in [4.69, 9.17) is 0 Å². The summed E-state index contributed by atoms with van der Waals surface area (Å²) in [6.07, 6.45) is 5.08. The van der Waals surface area contributed by atoms with Crippen LogP contribution in [0.15, 0.2) is 49.1 Å². The molecule has 0 aliphatic heterocycles. The predicted octanol–water partition coefficient (Wildman–Crippen LogP) is 1.88. The summed E-state index contributed by atoms with van der Waals surface area (Å²) in [5, 5.41) is 6.10. The highest BCUT2D eigenvalue weighted by Crippen LogP contribution is 2.13. The molecule has 2 heterocycles. The summed E-state index contributed by atoms with van der Waals surface area (Å²) >= 11 is 0. The molecule has 0 radical (unpaired) electrons. The average molecular weight is 365 g/mol. The molecule has 2 aromatic heterocycles. The van der Waals surface area contributed by atoms with E-state index in [2.05, 4.69) is 25.6 Å². The standard InChI is InChI=1S/C19H23N7O/c1-14-20-9-10-26(14)18-12-17(23-13-24-18)21-7-8-22-19(27)15-5-4-6-16(11-15)25(2)3/h4-6,9-13H,7-8H2,1-3H3,(H,22,27)(H,21,23,24). The van der Waals surface area contributed by atoms with Crippen molar-refractivity contribution in [3.8, 4) is 5.82 Å². The van der Waals surface area contributed by atoms with Crippen molar-refractivity contribution in [2.45, 2.75) is 6.92 Å². The van der Waals surface area contributed by atoms with Crippen LogP contribution in [-0.4, -0.2) is 52.6 Å². The van der Waals surface area contributed by atoms with Gasteiger partial charge in [0.05, 0.1) is 0 Å². The minimum Gasteiger partial charge on any atom is -0.378 e. The van der Waals surface area contributed by atoms with Crippen LogP contribution < -0.4 is 15.5 Å². The molecule has 0 unspecified atom stereocenters. The van der Waals surface area contributed by atoms with Gasteiger partial charge in [-0.05, 0) is 25.1 Å². The maximum atomic E-state index is 12.3. The normalized spacial score (nSPS) is 10.5. The lowest BCUT2D eigenvalue weighted by Gasteiger charge is -2.13. The Labute approximate surface area is 158 Å². The number of nitrogens with zero attached hydrogens (tertiary/aromatic N) is 5. The van der Waals surface area contributed by atoms with Gasteiger partial charge in [0.2, 0.25) is 0 Å². The van der Waals surface area contributed by atoms with Crippen molar-refractivity contribution in [1.82, 2.24) is 24.8 Å². The fraction of sp³-hybridized carbons (Fsp3) is 0.263. The van der Waals surface area contributed by atoms with Crippen molar-refractivity contribution < 1.29 is 4.79 Å². The van der Waals surface area contributed by atoms with Gasteiger partial charge in [-0.1, -0.05) is 6.07 Å². The number of carbonyl (C=O) groups excluding carboxylic acids is 1. The fourth-order valence-electron chi connectivity index (χ4n) is 2.59. The zero-order chi connectivity index (χ0) is 19.2. The lowest BCUT2D eigenvalue weighted by atomic mass is 10.2. The molecule has 0 atom stereocenters. The Kier molecular flexibility index (Phi) is 5.65. The molecule has 140 valence electrons. The molecule has 8 nitrogen and oxygen atoms in total. The third kappa shape index (κ3) is 4.60. The van der Waals surface area contributed by atoms with Crippen molar-refractivity contribution in [1.29, 1.82) is 0 Å². The van der Waals surface area contributed by atoms with Gasteiger partial charge in [0.15, 0.2) is 0 Å². The van der Waals surface area contributed by atoms with Gasteiger partial charge < -0.3 is 15.5 Å². The van der Waals surface area contributed by atoms with Crippen LogP contribution in [0.3, 0.4) is 0 Å². The van der Waals surface area contributed by atoms with E-state index in [0.29, 0.717) is 24.5 Å². The highest BCUT2D eigenvalue weighted by molar-refractivity contribution is 5.95. The van der Waals surface area contributed by atoms with E-state index in [1.165, 1.54) is 6.33 Å². The Bertz CT molecular complexity index is 920. The Morgan fingerprint density at radius 3 is 2.74 bits per heavy atom. The number of anilines is 2. The molecule has 3 rings (SSSR count). The van der Waals surface area contributed by atoms with Crippen LogP contribution in [0.25, 0.3) is 5.82 Å². The number of aryl methyl sites for hydroxylation is 1. The molecule has 3 aromatic rings. The molecule has 1 aromatic carbocycles. The van der Waals surface area contributed by atoms with E-state index < -0.39 is 0 Å². The van der Waals surface area contributed by atoms with Crippen LogP contribution >= 0.6 is 0 Å². The number of aromatic nitrogens is 4. The van der Waals surface area contributed by atoms with Gasteiger partial charge in [-0.2, -0.15) is 0 Å². The first-order valence-corrected chi connectivity index (χ1v) is 8.66. The second-order valence-electron chi connectivity index (χ2n) is 6.23. The summed E-state index contributed by atoms with van der Waals surface area (Å²) in [6, 6.07) is 9.36. The zero-order valence-electron chi connectivity index (χ0n) is 15.7.